The number of rotatable bonds is 10. The van der Waals surface area contributed by atoms with Crippen LogP contribution in [0.4, 0.5) is 8.78 Å². The van der Waals surface area contributed by atoms with E-state index in [0.29, 0.717) is 26.2 Å². The molecule has 2 aromatic carbocycles. The van der Waals surface area contributed by atoms with Gasteiger partial charge in [0.1, 0.15) is 23.8 Å². The van der Waals surface area contributed by atoms with Gasteiger partial charge in [-0.3, -0.25) is 9.80 Å². The van der Waals surface area contributed by atoms with Gasteiger partial charge in [0, 0.05) is 32.8 Å². The zero-order valence-electron chi connectivity index (χ0n) is 19.5. The van der Waals surface area contributed by atoms with Crippen LogP contribution in [0, 0.1) is 11.6 Å². The van der Waals surface area contributed by atoms with E-state index in [1.54, 1.807) is 31.4 Å². The minimum absolute atomic E-state index is 0.191. The van der Waals surface area contributed by atoms with Crippen molar-refractivity contribution in [2.75, 3.05) is 33.4 Å². The summed E-state index contributed by atoms with van der Waals surface area (Å²) in [5.74, 6) is -0.583. The number of benzene rings is 2. The van der Waals surface area contributed by atoms with E-state index >= 15 is 0 Å². The maximum atomic E-state index is 13.4. The van der Waals surface area contributed by atoms with Crippen LogP contribution in [-0.4, -0.2) is 83.8 Å². The van der Waals surface area contributed by atoms with Crippen LogP contribution in [0.3, 0.4) is 0 Å². The molecule has 2 heterocycles. The van der Waals surface area contributed by atoms with Gasteiger partial charge in [-0.15, -0.1) is 0 Å². The molecule has 5 atom stereocenters. The Morgan fingerprint density at radius 3 is 2.12 bits per heavy atom. The molecule has 186 valence electrons. The topological polar surface area (TPSA) is 65.4 Å². The van der Waals surface area contributed by atoms with Crippen LogP contribution in [0.1, 0.15) is 24.0 Å². The summed E-state index contributed by atoms with van der Waals surface area (Å²) in [6.45, 7) is 2.71. The average Bonchev–Trinajstić information content (AvgIpc) is 3.40. The van der Waals surface area contributed by atoms with Crippen molar-refractivity contribution in [2.45, 2.75) is 56.3 Å². The van der Waals surface area contributed by atoms with Crippen LogP contribution in [0.2, 0.25) is 0 Å². The lowest BCUT2D eigenvalue weighted by molar-refractivity contribution is -0.0331. The molecule has 2 fully saturated rings. The van der Waals surface area contributed by atoms with Crippen molar-refractivity contribution in [1.82, 2.24) is 9.80 Å². The molecule has 8 heteroatoms. The zero-order chi connectivity index (χ0) is 24.1. The van der Waals surface area contributed by atoms with Crippen molar-refractivity contribution in [3.05, 3.63) is 71.3 Å². The molecule has 2 aliphatic heterocycles. The second-order valence-electron chi connectivity index (χ2n) is 9.29. The smallest absolute Gasteiger partial charge is 0.123 e. The Balaban J connectivity index is 1.56. The molecule has 0 unspecified atom stereocenters. The van der Waals surface area contributed by atoms with Gasteiger partial charge in [0.15, 0.2) is 0 Å². The molecule has 0 saturated carbocycles. The molecule has 2 saturated heterocycles. The molecular weight excluding hydrogens is 442 g/mol. The molecule has 0 aromatic heterocycles. The molecular formula is C26H34F2N2O4. The fourth-order valence-electron chi connectivity index (χ4n) is 5.29. The predicted molar refractivity (Wildman–Crippen MR) is 124 cm³/mol. The highest BCUT2D eigenvalue weighted by Crippen LogP contribution is 2.32. The summed E-state index contributed by atoms with van der Waals surface area (Å²) in [5, 5.41) is 20.9. The van der Waals surface area contributed by atoms with Crippen molar-refractivity contribution in [1.29, 1.82) is 0 Å². The Hall–Kier alpha value is -1.94. The normalized spacial score (nSPS) is 27.6. The van der Waals surface area contributed by atoms with Gasteiger partial charge in [-0.25, -0.2) is 8.78 Å². The zero-order valence-corrected chi connectivity index (χ0v) is 19.5. The summed E-state index contributed by atoms with van der Waals surface area (Å²) in [7, 11) is 1.68. The summed E-state index contributed by atoms with van der Waals surface area (Å²) in [5.41, 5.74) is 1.88. The summed E-state index contributed by atoms with van der Waals surface area (Å²) in [6, 6.07) is 12.7. The molecule has 0 spiro atoms. The number of aliphatic hydroxyl groups excluding tert-OH is 2. The molecule has 2 aliphatic rings. The first-order valence-electron chi connectivity index (χ1n) is 11.9. The Morgan fingerprint density at radius 2 is 1.59 bits per heavy atom. The highest BCUT2D eigenvalue weighted by molar-refractivity contribution is 5.18. The maximum absolute atomic E-state index is 13.4. The van der Waals surface area contributed by atoms with E-state index in [4.69, 9.17) is 9.47 Å². The van der Waals surface area contributed by atoms with E-state index in [2.05, 4.69) is 9.80 Å². The second kappa shape index (κ2) is 11.7. The highest BCUT2D eigenvalue weighted by atomic mass is 19.1. The Kier molecular flexibility index (Phi) is 8.63. The standard InChI is InChI=1S/C26H34F2N2O4/c1-33-17-22-3-2-12-30(22)25-23(34-24(16-31)26(25)32)15-29(13-18-4-8-20(27)9-5-18)14-19-6-10-21(28)11-7-19/h4-11,22-26,31-32H,2-3,12-17H2,1H3/t22-,23-,24+,25+,26-/m1/s1. The highest BCUT2D eigenvalue weighted by Gasteiger charge is 2.49. The van der Waals surface area contributed by atoms with Crippen molar-refractivity contribution < 1.29 is 28.5 Å². The quantitative estimate of drug-likeness (QED) is 0.550. The van der Waals surface area contributed by atoms with Gasteiger partial charge in [-0.2, -0.15) is 0 Å². The third kappa shape index (κ3) is 6.00. The largest absolute Gasteiger partial charge is 0.394 e. The van der Waals surface area contributed by atoms with E-state index in [1.165, 1.54) is 24.3 Å². The number of nitrogens with zero attached hydrogens (tertiary/aromatic N) is 2. The number of methoxy groups -OCH3 is 1. The number of hydrogen-bond donors (Lipinski definition) is 2. The minimum atomic E-state index is -0.814. The van der Waals surface area contributed by atoms with Crippen LogP contribution in [-0.2, 0) is 22.6 Å². The van der Waals surface area contributed by atoms with E-state index in [0.717, 1.165) is 30.5 Å². The number of ether oxygens (including phenoxy) is 2. The third-order valence-electron chi connectivity index (χ3n) is 6.88. The first kappa shape index (κ1) is 25.2. The van der Waals surface area contributed by atoms with Crippen LogP contribution in [0.5, 0.6) is 0 Å². The van der Waals surface area contributed by atoms with Crippen LogP contribution < -0.4 is 0 Å². The molecule has 4 rings (SSSR count). The first-order chi connectivity index (χ1) is 16.5. The Bertz CT molecular complexity index is 851. The van der Waals surface area contributed by atoms with Gasteiger partial charge in [0.2, 0.25) is 0 Å². The average molecular weight is 477 g/mol. The molecule has 0 aliphatic carbocycles. The molecule has 34 heavy (non-hydrogen) atoms. The molecule has 0 radical (unpaired) electrons. The van der Waals surface area contributed by atoms with E-state index in [-0.39, 0.29) is 36.4 Å². The van der Waals surface area contributed by atoms with Gasteiger partial charge < -0.3 is 19.7 Å². The summed E-state index contributed by atoms with van der Waals surface area (Å²) in [6.07, 6.45) is 0.194. The van der Waals surface area contributed by atoms with Gasteiger partial charge >= 0.3 is 0 Å². The third-order valence-corrected chi connectivity index (χ3v) is 6.88. The molecule has 6 nitrogen and oxygen atoms in total. The van der Waals surface area contributed by atoms with Gasteiger partial charge in [0.05, 0.1) is 25.4 Å². The fourth-order valence-corrected chi connectivity index (χ4v) is 5.29. The van der Waals surface area contributed by atoms with Crippen molar-refractivity contribution in [2.24, 2.45) is 0 Å². The summed E-state index contributed by atoms with van der Waals surface area (Å²) in [4.78, 5) is 4.43. The number of halogens is 2. The number of aliphatic hydroxyl groups is 2. The van der Waals surface area contributed by atoms with Gasteiger partial charge in [-0.1, -0.05) is 24.3 Å². The monoisotopic (exact) mass is 476 g/mol. The van der Waals surface area contributed by atoms with Crippen LogP contribution in [0.25, 0.3) is 0 Å². The Labute approximate surface area is 199 Å². The fraction of sp³-hybridized carbons (Fsp3) is 0.538. The molecule has 0 bridgehead atoms. The lowest BCUT2D eigenvalue weighted by Crippen LogP contribution is -2.53. The van der Waals surface area contributed by atoms with Gasteiger partial charge in [-0.05, 0) is 54.8 Å². The summed E-state index contributed by atoms with van der Waals surface area (Å²) < 4.78 is 38.5. The first-order valence-corrected chi connectivity index (χ1v) is 11.9. The number of hydrogen-bond acceptors (Lipinski definition) is 6. The van der Waals surface area contributed by atoms with E-state index < -0.39 is 12.2 Å². The van der Waals surface area contributed by atoms with E-state index in [9.17, 15) is 19.0 Å². The predicted octanol–water partition coefficient (Wildman–Crippen LogP) is 2.57. The number of likely N-dealkylation sites (tertiary alicyclic amines) is 1. The van der Waals surface area contributed by atoms with Crippen LogP contribution in [0.15, 0.2) is 48.5 Å². The summed E-state index contributed by atoms with van der Waals surface area (Å²) >= 11 is 0. The second-order valence-corrected chi connectivity index (χ2v) is 9.29. The molecule has 0 amide bonds. The van der Waals surface area contributed by atoms with Crippen molar-refractivity contribution in [3.63, 3.8) is 0 Å². The van der Waals surface area contributed by atoms with Gasteiger partial charge in [0.25, 0.3) is 0 Å². The lowest BCUT2D eigenvalue weighted by Gasteiger charge is -2.36. The Morgan fingerprint density at radius 1 is 1.00 bits per heavy atom. The van der Waals surface area contributed by atoms with Crippen molar-refractivity contribution >= 4 is 0 Å². The SMILES string of the molecule is COC[C@H]1CCCN1[C@@H]1[C@H](O)[C@H](CO)O[C@@H]1CN(Cc1ccc(F)cc1)Cc1ccc(F)cc1. The lowest BCUT2D eigenvalue weighted by atomic mass is 10.0. The maximum Gasteiger partial charge on any atom is 0.123 e. The molecule has 2 aromatic rings. The van der Waals surface area contributed by atoms with Crippen LogP contribution >= 0.6 is 0 Å². The van der Waals surface area contributed by atoms with Crippen molar-refractivity contribution in [3.8, 4) is 0 Å². The van der Waals surface area contributed by atoms with E-state index in [1.807, 2.05) is 0 Å². The minimum Gasteiger partial charge on any atom is -0.394 e. The molecule has 2 N–H and O–H groups in total.